The van der Waals surface area contributed by atoms with Gasteiger partial charge in [-0.1, -0.05) is 24.4 Å². The molecule has 0 aliphatic carbocycles. The van der Waals surface area contributed by atoms with E-state index in [1.54, 1.807) is 64.8 Å². The monoisotopic (exact) mass is 715 g/mol. The Hall–Kier alpha value is -5.63. The van der Waals surface area contributed by atoms with E-state index in [9.17, 15) is 19.6 Å². The number of halogens is 1. The molecule has 2 atom stereocenters. The van der Waals surface area contributed by atoms with Crippen LogP contribution in [-0.4, -0.2) is 90.7 Å². The smallest absolute Gasteiger partial charge is 0.411 e. The second-order valence-electron chi connectivity index (χ2n) is 12.1. The van der Waals surface area contributed by atoms with Gasteiger partial charge in [0.25, 0.3) is 0 Å². The van der Waals surface area contributed by atoms with Gasteiger partial charge in [-0.25, -0.2) is 20.3 Å². The maximum Gasteiger partial charge on any atom is 0.411 e. The molecule has 3 aliphatic rings. The number of hydrazone groups is 1. The van der Waals surface area contributed by atoms with E-state index >= 15 is 0 Å². The van der Waals surface area contributed by atoms with Gasteiger partial charge in [-0.2, -0.15) is 10.4 Å². The van der Waals surface area contributed by atoms with E-state index in [1.165, 1.54) is 13.2 Å². The molecular formula is C34H38ClN11O5. The number of benzene rings is 2. The number of rotatable bonds is 6. The lowest BCUT2D eigenvalue weighted by atomic mass is 10.0. The van der Waals surface area contributed by atoms with Crippen LogP contribution in [0.4, 0.5) is 21.9 Å². The normalized spacial score (nSPS) is 19.2. The standard InChI is InChI=1S/C34H38ClN11O5/c1-44-43-37-20-46(44)29-11-8-22(35)17-21(29)7-12-30(47)40-25-5-3-4-6-26(33(48)45-13-15-51-16-14-45)39-27-18-23(38-34(49)50-2)9-10-24(27)31-28(19-36)41-32(25)42-31/h7-12,17-18,20,25-26,39,43H,3-6,13-16H2,1-2H3,(H,38,49)(H,40,47)(H,41,42)/b12-7+/t25-,26+/m0/s1. The van der Waals surface area contributed by atoms with Gasteiger partial charge < -0.3 is 30.0 Å². The topological polar surface area (TPSA) is 192 Å². The minimum absolute atomic E-state index is 0.0732. The maximum absolute atomic E-state index is 13.8. The molecule has 6 rings (SSSR count). The number of aromatic amines is 1. The van der Waals surface area contributed by atoms with Gasteiger partial charge in [-0.15, -0.1) is 5.12 Å². The van der Waals surface area contributed by atoms with Crippen LogP contribution >= 0.6 is 11.6 Å². The average molecular weight is 716 g/mol. The van der Waals surface area contributed by atoms with Gasteiger partial charge in [-0.3, -0.25) is 14.9 Å². The van der Waals surface area contributed by atoms with Crippen molar-refractivity contribution in [3.63, 3.8) is 0 Å². The highest BCUT2D eigenvalue weighted by molar-refractivity contribution is 6.30. The van der Waals surface area contributed by atoms with Crippen molar-refractivity contribution in [2.75, 3.05) is 56.1 Å². The zero-order valence-corrected chi connectivity index (χ0v) is 28.9. The molecular weight excluding hydrogens is 678 g/mol. The third-order valence-electron chi connectivity index (χ3n) is 8.72. The zero-order chi connectivity index (χ0) is 35.9. The number of amides is 3. The number of hydrazine groups is 2. The summed E-state index contributed by atoms with van der Waals surface area (Å²) in [5, 5.41) is 27.3. The van der Waals surface area contributed by atoms with E-state index in [0.717, 1.165) is 5.69 Å². The number of nitrogens with zero attached hydrogens (tertiary/aromatic N) is 6. The van der Waals surface area contributed by atoms with E-state index in [4.69, 9.17) is 21.1 Å². The molecule has 3 aliphatic heterocycles. The average Bonchev–Trinajstić information content (AvgIpc) is 3.77. The maximum atomic E-state index is 13.8. The first-order chi connectivity index (χ1) is 24.7. The molecule has 3 amide bonds. The number of fused-ring (bicyclic) bond motifs is 4. The van der Waals surface area contributed by atoms with Crippen LogP contribution in [0.3, 0.4) is 0 Å². The Labute approximate surface area is 299 Å². The highest BCUT2D eigenvalue weighted by Crippen LogP contribution is 2.35. The van der Waals surface area contributed by atoms with Gasteiger partial charge in [0.1, 0.15) is 24.3 Å². The largest absolute Gasteiger partial charge is 0.453 e. The number of H-pyrrole nitrogens is 1. The fraction of sp³-hybridized carbons (Fsp3) is 0.353. The molecule has 3 aromatic rings. The van der Waals surface area contributed by atoms with Crippen molar-refractivity contribution >= 4 is 59.0 Å². The van der Waals surface area contributed by atoms with Gasteiger partial charge in [0, 0.05) is 53.7 Å². The Morgan fingerprint density at radius 1 is 1.14 bits per heavy atom. The summed E-state index contributed by atoms with van der Waals surface area (Å²) in [6, 6.07) is 11.4. The number of methoxy groups -OCH3 is 1. The first-order valence-electron chi connectivity index (χ1n) is 16.5. The third kappa shape index (κ3) is 8.23. The summed E-state index contributed by atoms with van der Waals surface area (Å²) in [6.07, 6.45) is 6.33. The lowest BCUT2D eigenvalue weighted by Crippen LogP contribution is -2.48. The molecule has 0 saturated carbocycles. The molecule has 2 bridgehead atoms. The molecule has 51 heavy (non-hydrogen) atoms. The number of nitrogens with one attached hydrogen (secondary N) is 5. The number of ether oxygens (including phenoxy) is 2. The Morgan fingerprint density at radius 2 is 1.94 bits per heavy atom. The number of nitriles is 1. The summed E-state index contributed by atoms with van der Waals surface area (Å²) < 4.78 is 10.2. The molecule has 0 spiro atoms. The van der Waals surface area contributed by atoms with Crippen LogP contribution in [0.5, 0.6) is 0 Å². The zero-order valence-electron chi connectivity index (χ0n) is 28.1. The molecule has 0 unspecified atom stereocenters. The lowest BCUT2D eigenvalue weighted by Gasteiger charge is -2.32. The van der Waals surface area contributed by atoms with E-state index in [1.807, 2.05) is 6.07 Å². The number of imidazole rings is 1. The predicted molar refractivity (Wildman–Crippen MR) is 191 cm³/mol. The summed E-state index contributed by atoms with van der Waals surface area (Å²) in [5.41, 5.74) is 6.26. The molecule has 16 nitrogen and oxygen atoms in total. The Bertz CT molecular complexity index is 1880. The second-order valence-corrected chi connectivity index (χ2v) is 12.5. The second kappa shape index (κ2) is 15.9. The van der Waals surface area contributed by atoms with Crippen LogP contribution in [0.1, 0.15) is 48.8 Å². The number of hydrogen-bond donors (Lipinski definition) is 5. The van der Waals surface area contributed by atoms with Gasteiger partial charge in [0.05, 0.1) is 37.7 Å². The van der Waals surface area contributed by atoms with Crippen molar-refractivity contribution in [1.82, 2.24) is 30.8 Å². The molecule has 1 fully saturated rings. The molecule has 0 radical (unpaired) electrons. The van der Waals surface area contributed by atoms with Crippen LogP contribution < -0.4 is 26.5 Å². The summed E-state index contributed by atoms with van der Waals surface area (Å²) in [7, 11) is 3.06. The summed E-state index contributed by atoms with van der Waals surface area (Å²) >= 11 is 6.31. The predicted octanol–water partition coefficient (Wildman–Crippen LogP) is 3.98. The molecule has 266 valence electrons. The van der Waals surface area contributed by atoms with E-state index < -0.39 is 18.2 Å². The first-order valence-corrected chi connectivity index (χ1v) is 16.8. The quantitative estimate of drug-likeness (QED) is 0.232. The van der Waals surface area contributed by atoms with Gasteiger partial charge in [0.15, 0.2) is 5.69 Å². The van der Waals surface area contributed by atoms with Gasteiger partial charge >= 0.3 is 6.09 Å². The number of hydrogen-bond acceptors (Lipinski definition) is 12. The van der Waals surface area contributed by atoms with E-state index in [-0.39, 0.29) is 17.5 Å². The summed E-state index contributed by atoms with van der Waals surface area (Å²) in [6.45, 7) is 1.88. The molecule has 4 heterocycles. The van der Waals surface area contributed by atoms with Crippen LogP contribution in [0, 0.1) is 11.3 Å². The first kappa shape index (κ1) is 35.2. The SMILES string of the molecule is COC(=O)Nc1ccc2c(c1)N[C@@H](C(=O)N1CCOCC1)CCCC[C@H](NC(=O)/C=C/c1cc(Cl)ccc1N1C=NNN1C)c1nc(C#N)c-2[nH]1. The Kier molecular flexibility index (Phi) is 11.0. The van der Waals surface area contributed by atoms with Crippen LogP contribution in [0.15, 0.2) is 47.6 Å². The Morgan fingerprint density at radius 3 is 2.69 bits per heavy atom. The molecule has 2 aromatic carbocycles. The van der Waals surface area contributed by atoms with E-state index in [0.29, 0.717) is 91.0 Å². The van der Waals surface area contributed by atoms with Gasteiger partial charge in [-0.05, 0) is 55.3 Å². The van der Waals surface area contributed by atoms with E-state index in [2.05, 4.69) is 42.6 Å². The van der Waals surface area contributed by atoms with Crippen molar-refractivity contribution in [3.8, 4) is 17.3 Å². The van der Waals surface area contributed by atoms with Crippen molar-refractivity contribution in [2.45, 2.75) is 37.8 Å². The lowest BCUT2D eigenvalue weighted by molar-refractivity contribution is -0.136. The van der Waals surface area contributed by atoms with Crippen molar-refractivity contribution in [1.29, 1.82) is 5.26 Å². The number of anilines is 3. The minimum atomic E-state index is -0.654. The molecule has 5 N–H and O–H groups in total. The van der Waals surface area contributed by atoms with Crippen LogP contribution in [0.25, 0.3) is 17.3 Å². The molecule has 17 heteroatoms. The fourth-order valence-electron chi connectivity index (χ4n) is 6.15. The summed E-state index contributed by atoms with van der Waals surface area (Å²) in [4.78, 5) is 49.0. The van der Waals surface area contributed by atoms with Crippen molar-refractivity contribution < 1.29 is 23.9 Å². The van der Waals surface area contributed by atoms with Crippen molar-refractivity contribution in [3.05, 3.63) is 64.6 Å². The number of carbonyl (C=O) groups excluding carboxylic acids is 3. The molecule has 1 saturated heterocycles. The van der Waals surface area contributed by atoms with Crippen LogP contribution in [-0.2, 0) is 19.1 Å². The highest BCUT2D eigenvalue weighted by atomic mass is 35.5. The fourth-order valence-corrected chi connectivity index (χ4v) is 6.33. The third-order valence-corrected chi connectivity index (χ3v) is 8.96. The minimum Gasteiger partial charge on any atom is -0.453 e. The van der Waals surface area contributed by atoms with Gasteiger partial charge in [0.2, 0.25) is 11.8 Å². The number of morpholine rings is 1. The molecule has 1 aromatic heterocycles. The number of carbonyl (C=O) groups is 3. The highest BCUT2D eigenvalue weighted by Gasteiger charge is 2.29. The van der Waals surface area contributed by atoms with Crippen LogP contribution in [0.2, 0.25) is 5.02 Å². The summed E-state index contributed by atoms with van der Waals surface area (Å²) in [5.74, 6) is -0.0371. The van der Waals surface area contributed by atoms with Crippen molar-refractivity contribution in [2.24, 2.45) is 5.10 Å². The number of aromatic nitrogens is 2. The Balaban J connectivity index is 1.31.